The van der Waals surface area contributed by atoms with Crippen molar-refractivity contribution < 1.29 is 19.1 Å². The van der Waals surface area contributed by atoms with Crippen LogP contribution in [0.5, 0.6) is 5.75 Å². The van der Waals surface area contributed by atoms with Crippen LogP contribution in [0.4, 0.5) is 0 Å². The molecule has 0 amide bonds. The lowest BCUT2D eigenvalue weighted by Gasteiger charge is -2.07. The summed E-state index contributed by atoms with van der Waals surface area (Å²) in [7, 11) is 0. The van der Waals surface area contributed by atoms with Crippen LogP contribution >= 0.6 is 11.6 Å². The van der Waals surface area contributed by atoms with E-state index >= 15 is 0 Å². The maximum Gasteiger partial charge on any atom is 0.343 e. The zero-order chi connectivity index (χ0) is 15.2. The number of halogens is 1. The second-order valence-corrected chi connectivity index (χ2v) is 4.41. The standard InChI is InChI=1S/C15H12ClNO4/c16-12-6-1-2-7-13(12)21-15(19)11-5-3-4-10(8-11)14(18)20-9-17/h1-8H,9,17H2. The van der Waals surface area contributed by atoms with Crippen molar-refractivity contribution in [2.45, 2.75) is 0 Å². The fraction of sp³-hybridized carbons (Fsp3) is 0.0667. The minimum absolute atomic E-state index is 0.210. The summed E-state index contributed by atoms with van der Waals surface area (Å²) in [6, 6.07) is 12.6. The molecule has 0 fully saturated rings. The van der Waals surface area contributed by atoms with E-state index in [1.54, 1.807) is 30.3 Å². The molecule has 0 spiro atoms. The number of hydrogen-bond acceptors (Lipinski definition) is 5. The number of esters is 2. The first kappa shape index (κ1) is 15.0. The summed E-state index contributed by atoms with van der Waals surface area (Å²) >= 11 is 5.91. The van der Waals surface area contributed by atoms with Crippen LogP contribution in [-0.2, 0) is 4.74 Å². The molecule has 0 atom stereocenters. The molecule has 2 N–H and O–H groups in total. The number of para-hydroxylation sites is 1. The first-order chi connectivity index (χ1) is 10.1. The topological polar surface area (TPSA) is 78.6 Å². The molecule has 2 aromatic rings. The van der Waals surface area contributed by atoms with Crippen LogP contribution in [0, 0.1) is 0 Å². The highest BCUT2D eigenvalue weighted by Crippen LogP contribution is 2.24. The maximum atomic E-state index is 12.0. The van der Waals surface area contributed by atoms with E-state index in [0.717, 1.165) is 0 Å². The van der Waals surface area contributed by atoms with Gasteiger partial charge in [0.1, 0.15) is 12.5 Å². The molecular formula is C15H12ClNO4. The van der Waals surface area contributed by atoms with Gasteiger partial charge in [0.15, 0.2) is 0 Å². The maximum absolute atomic E-state index is 12.0. The molecule has 0 aliphatic rings. The highest BCUT2D eigenvalue weighted by Gasteiger charge is 2.14. The molecule has 0 bridgehead atoms. The van der Waals surface area contributed by atoms with E-state index in [-0.39, 0.29) is 23.6 Å². The molecule has 0 unspecified atom stereocenters. The van der Waals surface area contributed by atoms with E-state index in [4.69, 9.17) is 22.1 Å². The molecule has 0 aliphatic carbocycles. The van der Waals surface area contributed by atoms with Crippen molar-refractivity contribution in [3.63, 3.8) is 0 Å². The summed E-state index contributed by atoms with van der Waals surface area (Å²) in [5.41, 5.74) is 5.56. The van der Waals surface area contributed by atoms with E-state index < -0.39 is 11.9 Å². The number of benzene rings is 2. The van der Waals surface area contributed by atoms with Gasteiger partial charge in [0.25, 0.3) is 0 Å². The Morgan fingerprint density at radius 3 is 2.33 bits per heavy atom. The molecule has 0 saturated carbocycles. The van der Waals surface area contributed by atoms with Gasteiger partial charge in [0.05, 0.1) is 16.1 Å². The third kappa shape index (κ3) is 3.81. The van der Waals surface area contributed by atoms with Gasteiger partial charge in [-0.3, -0.25) is 5.73 Å². The number of rotatable bonds is 4. The van der Waals surface area contributed by atoms with Crippen molar-refractivity contribution >= 4 is 23.5 Å². The van der Waals surface area contributed by atoms with Crippen molar-refractivity contribution in [3.8, 4) is 5.75 Å². The number of hydrogen-bond donors (Lipinski definition) is 1. The second-order valence-electron chi connectivity index (χ2n) is 4.00. The lowest BCUT2D eigenvalue weighted by atomic mass is 10.1. The van der Waals surface area contributed by atoms with Gasteiger partial charge in [-0.05, 0) is 30.3 Å². The first-order valence-corrected chi connectivity index (χ1v) is 6.43. The van der Waals surface area contributed by atoms with Crippen molar-refractivity contribution in [1.29, 1.82) is 0 Å². The fourth-order valence-electron chi connectivity index (χ4n) is 1.62. The predicted molar refractivity (Wildman–Crippen MR) is 77.3 cm³/mol. The molecular weight excluding hydrogens is 294 g/mol. The largest absolute Gasteiger partial charge is 0.446 e. The Morgan fingerprint density at radius 2 is 1.67 bits per heavy atom. The monoisotopic (exact) mass is 305 g/mol. The highest BCUT2D eigenvalue weighted by atomic mass is 35.5. The normalized spacial score (nSPS) is 10.0. The van der Waals surface area contributed by atoms with Crippen molar-refractivity contribution in [2.75, 3.05) is 6.73 Å². The second kappa shape index (κ2) is 6.88. The molecule has 108 valence electrons. The average Bonchev–Trinajstić information content (AvgIpc) is 2.50. The summed E-state index contributed by atoms with van der Waals surface area (Å²) in [5, 5.41) is 0.324. The predicted octanol–water partition coefficient (Wildman–Crippen LogP) is 2.63. The third-order valence-corrected chi connectivity index (χ3v) is 2.90. The number of carbonyl (C=O) groups is 2. The van der Waals surface area contributed by atoms with E-state index in [9.17, 15) is 9.59 Å². The minimum Gasteiger partial charge on any atom is -0.446 e. The van der Waals surface area contributed by atoms with E-state index in [2.05, 4.69) is 4.74 Å². The Kier molecular flexibility index (Phi) is 4.92. The van der Waals surface area contributed by atoms with Crippen LogP contribution in [0.3, 0.4) is 0 Å². The van der Waals surface area contributed by atoms with Gasteiger partial charge < -0.3 is 9.47 Å². The van der Waals surface area contributed by atoms with Gasteiger partial charge in [-0.2, -0.15) is 0 Å². The molecule has 21 heavy (non-hydrogen) atoms. The van der Waals surface area contributed by atoms with Crippen LogP contribution in [0.25, 0.3) is 0 Å². The minimum atomic E-state index is -0.620. The smallest absolute Gasteiger partial charge is 0.343 e. The number of nitrogens with two attached hydrogens (primary N) is 1. The van der Waals surface area contributed by atoms with Gasteiger partial charge in [-0.25, -0.2) is 9.59 Å². The SMILES string of the molecule is NCOC(=O)c1cccc(C(=O)Oc2ccccc2Cl)c1. The van der Waals surface area contributed by atoms with Gasteiger partial charge in [-0.1, -0.05) is 29.8 Å². The van der Waals surface area contributed by atoms with Crippen LogP contribution in [0.2, 0.25) is 5.02 Å². The molecule has 2 aromatic carbocycles. The van der Waals surface area contributed by atoms with Crippen LogP contribution in [0.15, 0.2) is 48.5 Å². The Balaban J connectivity index is 2.18. The van der Waals surface area contributed by atoms with Crippen molar-refractivity contribution in [3.05, 3.63) is 64.7 Å². The zero-order valence-electron chi connectivity index (χ0n) is 10.9. The molecule has 0 aliphatic heterocycles. The Hall–Kier alpha value is -2.37. The van der Waals surface area contributed by atoms with Gasteiger partial charge in [0, 0.05) is 0 Å². The molecule has 0 radical (unpaired) electrons. The summed E-state index contributed by atoms with van der Waals surface area (Å²) in [6.07, 6.45) is 0. The van der Waals surface area contributed by atoms with Crippen LogP contribution in [-0.4, -0.2) is 18.7 Å². The Labute approximate surface area is 126 Å². The Bertz CT molecular complexity index is 672. The van der Waals surface area contributed by atoms with E-state index in [1.807, 2.05) is 0 Å². The molecule has 0 saturated heterocycles. The van der Waals surface area contributed by atoms with Crippen LogP contribution < -0.4 is 10.5 Å². The molecule has 0 aromatic heterocycles. The Morgan fingerprint density at radius 1 is 1.00 bits per heavy atom. The summed E-state index contributed by atoms with van der Waals surface area (Å²) in [5.74, 6) is -0.977. The molecule has 2 rings (SSSR count). The van der Waals surface area contributed by atoms with Gasteiger partial charge in [-0.15, -0.1) is 0 Å². The number of ether oxygens (including phenoxy) is 2. The lowest BCUT2D eigenvalue weighted by molar-refractivity contribution is 0.0515. The lowest BCUT2D eigenvalue weighted by Crippen LogP contribution is -2.14. The highest BCUT2D eigenvalue weighted by molar-refractivity contribution is 6.32. The first-order valence-electron chi connectivity index (χ1n) is 6.06. The average molecular weight is 306 g/mol. The molecule has 6 heteroatoms. The van der Waals surface area contributed by atoms with Crippen LogP contribution in [0.1, 0.15) is 20.7 Å². The van der Waals surface area contributed by atoms with Crippen molar-refractivity contribution in [2.24, 2.45) is 5.73 Å². The summed E-state index contributed by atoms with van der Waals surface area (Å²) in [4.78, 5) is 23.6. The molecule has 5 nitrogen and oxygen atoms in total. The number of carbonyl (C=O) groups excluding carboxylic acids is 2. The fourth-order valence-corrected chi connectivity index (χ4v) is 1.79. The van der Waals surface area contributed by atoms with Gasteiger partial charge >= 0.3 is 11.9 Å². The van der Waals surface area contributed by atoms with E-state index in [1.165, 1.54) is 18.2 Å². The quantitative estimate of drug-likeness (QED) is 0.533. The van der Waals surface area contributed by atoms with Crippen molar-refractivity contribution in [1.82, 2.24) is 0 Å². The third-order valence-electron chi connectivity index (χ3n) is 2.59. The van der Waals surface area contributed by atoms with E-state index in [0.29, 0.717) is 5.02 Å². The summed E-state index contributed by atoms with van der Waals surface area (Å²) in [6.45, 7) is -0.229. The molecule has 0 heterocycles. The summed E-state index contributed by atoms with van der Waals surface area (Å²) < 4.78 is 9.84. The zero-order valence-corrected chi connectivity index (χ0v) is 11.7. The van der Waals surface area contributed by atoms with Gasteiger partial charge in [0.2, 0.25) is 0 Å².